The fraction of sp³-hybridized carbons (Fsp3) is 0.364. The van der Waals surface area contributed by atoms with Crippen LogP contribution in [0.2, 0.25) is 5.02 Å². The van der Waals surface area contributed by atoms with E-state index in [1.807, 2.05) is 0 Å². The lowest BCUT2D eigenvalue weighted by Gasteiger charge is -2.11. The molecule has 0 spiro atoms. The fourth-order valence-corrected chi connectivity index (χ4v) is 2.91. The van der Waals surface area contributed by atoms with E-state index in [1.54, 1.807) is 0 Å². The Bertz CT molecular complexity index is 568. The quantitative estimate of drug-likeness (QED) is 0.926. The van der Waals surface area contributed by atoms with Crippen LogP contribution in [0.25, 0.3) is 0 Å². The molecule has 1 unspecified atom stereocenters. The number of rotatable bonds is 4. The van der Waals surface area contributed by atoms with Crippen molar-refractivity contribution in [2.75, 3.05) is 0 Å². The summed E-state index contributed by atoms with van der Waals surface area (Å²) in [5, 5.41) is 7.67. The number of carbonyl (C=O) groups is 1. The maximum Gasteiger partial charge on any atom is 0.343 e. The van der Waals surface area contributed by atoms with Gasteiger partial charge in [0.1, 0.15) is 0 Å². The molecule has 0 aromatic heterocycles. The van der Waals surface area contributed by atoms with Crippen molar-refractivity contribution in [3.05, 3.63) is 28.8 Å². The Morgan fingerprint density at radius 1 is 1.39 bits per heavy atom. The number of halogens is 2. The van der Waals surface area contributed by atoms with Crippen molar-refractivity contribution in [3.63, 3.8) is 0 Å². The van der Waals surface area contributed by atoms with Gasteiger partial charge < -0.3 is 5.11 Å². The molecule has 0 fully saturated rings. The van der Waals surface area contributed by atoms with Crippen LogP contribution < -0.4 is 0 Å². The first kappa shape index (κ1) is 14.9. The summed E-state index contributed by atoms with van der Waals surface area (Å²) in [6.07, 6.45) is -2.22. The Morgan fingerprint density at radius 2 is 1.94 bits per heavy atom. The van der Waals surface area contributed by atoms with E-state index in [0.717, 1.165) is 18.2 Å². The summed E-state index contributed by atoms with van der Waals surface area (Å²) < 4.78 is 37.0. The first-order valence-corrected chi connectivity index (χ1v) is 7.00. The van der Waals surface area contributed by atoms with E-state index in [4.69, 9.17) is 16.7 Å². The SMILES string of the molecule is CC(C)S(=O)(=O)c1ccc(C(F)C(=O)O)cc1Cl. The molecule has 4 nitrogen and oxygen atoms in total. The lowest BCUT2D eigenvalue weighted by Crippen LogP contribution is -2.15. The third-order valence-electron chi connectivity index (χ3n) is 2.39. The molecule has 0 aliphatic heterocycles. The molecule has 0 heterocycles. The molecule has 1 aromatic carbocycles. The zero-order chi connectivity index (χ0) is 14.1. The second-order valence-electron chi connectivity index (χ2n) is 3.98. The van der Waals surface area contributed by atoms with Gasteiger partial charge in [-0.05, 0) is 31.5 Å². The summed E-state index contributed by atoms with van der Waals surface area (Å²) >= 11 is 5.77. The lowest BCUT2D eigenvalue weighted by atomic mass is 10.1. The van der Waals surface area contributed by atoms with Gasteiger partial charge in [0.25, 0.3) is 0 Å². The largest absolute Gasteiger partial charge is 0.479 e. The molecule has 0 aliphatic rings. The van der Waals surface area contributed by atoms with Crippen LogP contribution in [0.15, 0.2) is 23.1 Å². The zero-order valence-corrected chi connectivity index (χ0v) is 11.3. The molecule has 18 heavy (non-hydrogen) atoms. The van der Waals surface area contributed by atoms with Gasteiger partial charge in [0.15, 0.2) is 9.84 Å². The number of carboxylic acids is 1. The summed E-state index contributed by atoms with van der Waals surface area (Å²) in [5.74, 6) is -1.65. The molecule has 0 amide bonds. The van der Waals surface area contributed by atoms with Crippen LogP contribution in [0.3, 0.4) is 0 Å². The Morgan fingerprint density at radius 3 is 2.33 bits per heavy atom. The van der Waals surface area contributed by atoms with Crippen LogP contribution >= 0.6 is 11.6 Å². The van der Waals surface area contributed by atoms with E-state index in [1.165, 1.54) is 13.8 Å². The third-order valence-corrected chi connectivity index (χ3v) is 5.03. The summed E-state index contributed by atoms with van der Waals surface area (Å²) in [6, 6.07) is 3.26. The molecule has 1 atom stereocenters. The number of alkyl halides is 1. The topological polar surface area (TPSA) is 71.4 Å². The normalized spacial score (nSPS) is 13.6. The molecule has 1 aromatic rings. The van der Waals surface area contributed by atoms with Gasteiger partial charge >= 0.3 is 5.97 Å². The van der Waals surface area contributed by atoms with E-state index in [0.29, 0.717) is 0 Å². The van der Waals surface area contributed by atoms with Crippen molar-refractivity contribution < 1.29 is 22.7 Å². The summed E-state index contributed by atoms with van der Waals surface area (Å²) in [7, 11) is -3.57. The van der Waals surface area contributed by atoms with Gasteiger partial charge in [0.05, 0.1) is 15.2 Å². The van der Waals surface area contributed by atoms with E-state index >= 15 is 0 Å². The highest BCUT2D eigenvalue weighted by molar-refractivity contribution is 7.92. The number of carboxylic acid groups (broad SMARTS) is 1. The van der Waals surface area contributed by atoms with Gasteiger partial charge in [-0.3, -0.25) is 0 Å². The summed E-state index contributed by atoms with van der Waals surface area (Å²) in [5.41, 5.74) is -0.185. The number of benzene rings is 1. The van der Waals surface area contributed by atoms with Crippen LogP contribution in [-0.4, -0.2) is 24.7 Å². The van der Waals surface area contributed by atoms with Crippen molar-refractivity contribution in [2.45, 2.75) is 30.2 Å². The highest BCUT2D eigenvalue weighted by Crippen LogP contribution is 2.29. The Kier molecular flexibility index (Phi) is 4.34. The Hall–Kier alpha value is -1.14. The maximum absolute atomic E-state index is 13.2. The predicted molar refractivity (Wildman–Crippen MR) is 65.3 cm³/mol. The molecular weight excluding hydrogens is 283 g/mol. The van der Waals surface area contributed by atoms with Gasteiger partial charge in [-0.2, -0.15) is 0 Å². The van der Waals surface area contributed by atoms with Gasteiger partial charge in [-0.15, -0.1) is 0 Å². The number of aliphatic carboxylic acids is 1. The molecule has 1 rings (SSSR count). The van der Waals surface area contributed by atoms with Crippen LogP contribution in [0, 0.1) is 0 Å². The average molecular weight is 295 g/mol. The summed E-state index contributed by atoms with van der Waals surface area (Å²) in [4.78, 5) is 10.3. The molecule has 100 valence electrons. The van der Waals surface area contributed by atoms with Crippen molar-refractivity contribution in [2.24, 2.45) is 0 Å². The van der Waals surface area contributed by atoms with Crippen molar-refractivity contribution in [1.29, 1.82) is 0 Å². The van der Waals surface area contributed by atoms with Crippen LogP contribution in [0.5, 0.6) is 0 Å². The maximum atomic E-state index is 13.2. The predicted octanol–water partition coefficient (Wildman–Crippen LogP) is 2.62. The van der Waals surface area contributed by atoms with Crippen LogP contribution in [0.4, 0.5) is 4.39 Å². The monoisotopic (exact) mass is 294 g/mol. The number of sulfone groups is 1. The van der Waals surface area contributed by atoms with Gasteiger partial charge in [-0.25, -0.2) is 17.6 Å². The van der Waals surface area contributed by atoms with Crippen LogP contribution in [0.1, 0.15) is 25.6 Å². The Labute approximate surface area is 109 Å². The van der Waals surface area contributed by atoms with E-state index in [9.17, 15) is 17.6 Å². The standard InChI is InChI=1S/C11H12ClFO4S/c1-6(2)18(16,17)9-4-3-7(5-8(9)12)10(13)11(14)15/h3-6,10H,1-2H3,(H,14,15). The molecule has 0 aliphatic carbocycles. The van der Waals surface area contributed by atoms with Gasteiger partial charge in [0, 0.05) is 0 Å². The van der Waals surface area contributed by atoms with E-state index < -0.39 is 27.2 Å². The van der Waals surface area contributed by atoms with Crippen molar-refractivity contribution in [1.82, 2.24) is 0 Å². The van der Waals surface area contributed by atoms with E-state index in [2.05, 4.69) is 0 Å². The second kappa shape index (κ2) is 5.24. The minimum Gasteiger partial charge on any atom is -0.479 e. The molecule has 0 radical (unpaired) electrons. The highest BCUT2D eigenvalue weighted by atomic mass is 35.5. The smallest absolute Gasteiger partial charge is 0.343 e. The van der Waals surface area contributed by atoms with Crippen molar-refractivity contribution in [3.8, 4) is 0 Å². The first-order valence-electron chi connectivity index (χ1n) is 5.08. The Balaban J connectivity index is 3.28. The van der Waals surface area contributed by atoms with Gasteiger partial charge in [-0.1, -0.05) is 17.7 Å². The molecular formula is C11H12ClFO4S. The van der Waals surface area contributed by atoms with Crippen LogP contribution in [-0.2, 0) is 14.6 Å². The zero-order valence-electron chi connectivity index (χ0n) is 9.72. The minimum atomic E-state index is -3.57. The number of hydrogen-bond acceptors (Lipinski definition) is 3. The first-order chi connectivity index (χ1) is 8.17. The van der Waals surface area contributed by atoms with E-state index in [-0.39, 0.29) is 15.5 Å². The van der Waals surface area contributed by atoms with Gasteiger partial charge in [0.2, 0.25) is 6.17 Å². The fourth-order valence-electron chi connectivity index (χ4n) is 1.30. The molecule has 0 saturated heterocycles. The minimum absolute atomic E-state index is 0.125. The molecule has 7 heteroatoms. The third kappa shape index (κ3) is 2.81. The highest BCUT2D eigenvalue weighted by Gasteiger charge is 2.25. The van der Waals surface area contributed by atoms with Crippen molar-refractivity contribution >= 4 is 27.4 Å². The lowest BCUT2D eigenvalue weighted by molar-refractivity contribution is -0.143. The summed E-state index contributed by atoms with van der Waals surface area (Å²) in [6.45, 7) is 2.99. The molecule has 0 bridgehead atoms. The molecule has 0 saturated carbocycles. The second-order valence-corrected chi connectivity index (χ2v) is 6.86. The number of hydrogen-bond donors (Lipinski definition) is 1. The average Bonchev–Trinajstić information content (AvgIpc) is 2.27. The molecule has 1 N–H and O–H groups in total.